The van der Waals surface area contributed by atoms with E-state index in [1.807, 2.05) is 18.2 Å². The van der Waals surface area contributed by atoms with Crippen molar-refractivity contribution < 1.29 is 13.9 Å². The van der Waals surface area contributed by atoms with E-state index < -0.39 is 8.32 Å². The first kappa shape index (κ1) is 19.2. The Morgan fingerprint density at radius 1 is 1.04 bits per heavy atom. The Balaban J connectivity index is 1.88. The first-order valence-corrected chi connectivity index (χ1v) is 11.8. The predicted molar refractivity (Wildman–Crippen MR) is 101 cm³/mol. The van der Waals surface area contributed by atoms with Crippen molar-refractivity contribution in [1.82, 2.24) is 0 Å². The number of ether oxygens (including phenoxy) is 2. The first-order chi connectivity index (χ1) is 11.6. The highest BCUT2D eigenvalue weighted by molar-refractivity contribution is 6.73. The van der Waals surface area contributed by atoms with Crippen molar-refractivity contribution in [2.45, 2.75) is 64.6 Å². The van der Waals surface area contributed by atoms with Gasteiger partial charge in [0, 0.05) is 5.92 Å². The molecule has 0 bridgehead atoms. The zero-order chi connectivity index (χ0) is 17.4. The molecule has 0 spiro atoms. The highest BCUT2D eigenvalue weighted by Crippen LogP contribution is 2.30. The average molecular weight is 349 g/mol. The molecule has 4 heteroatoms. The van der Waals surface area contributed by atoms with E-state index in [1.165, 1.54) is 23.7 Å². The minimum atomic E-state index is -1.61. The van der Waals surface area contributed by atoms with E-state index in [-0.39, 0.29) is 12.2 Å². The van der Waals surface area contributed by atoms with Crippen molar-refractivity contribution >= 4 is 8.32 Å². The smallest absolute Gasteiger partial charge is 0.192 e. The van der Waals surface area contributed by atoms with Crippen LogP contribution < -0.4 is 0 Å². The molecular formula is C20H32O3Si. The van der Waals surface area contributed by atoms with Crippen LogP contribution in [0.1, 0.15) is 33.3 Å². The Morgan fingerprint density at radius 2 is 1.71 bits per heavy atom. The maximum Gasteiger partial charge on any atom is 0.192 e. The molecule has 3 atom stereocenters. The van der Waals surface area contributed by atoms with E-state index in [0.717, 1.165) is 0 Å². The van der Waals surface area contributed by atoms with Crippen LogP contribution in [0.25, 0.3) is 0 Å². The van der Waals surface area contributed by atoms with Gasteiger partial charge in [-0.15, -0.1) is 0 Å². The third-order valence-electron chi connectivity index (χ3n) is 5.34. The zero-order valence-corrected chi connectivity index (χ0v) is 16.5. The van der Waals surface area contributed by atoms with E-state index in [4.69, 9.17) is 13.9 Å². The molecule has 0 saturated heterocycles. The van der Waals surface area contributed by atoms with E-state index in [2.05, 4.69) is 45.9 Å². The van der Waals surface area contributed by atoms with Gasteiger partial charge in [-0.25, -0.2) is 0 Å². The van der Waals surface area contributed by atoms with Gasteiger partial charge in [-0.1, -0.05) is 58.0 Å². The second-order valence-corrected chi connectivity index (χ2v) is 11.4. The van der Waals surface area contributed by atoms with Crippen LogP contribution >= 0.6 is 0 Å². The van der Waals surface area contributed by atoms with Gasteiger partial charge in [0.15, 0.2) is 8.32 Å². The summed E-state index contributed by atoms with van der Waals surface area (Å²) < 4.78 is 18.3. The van der Waals surface area contributed by atoms with Crippen LogP contribution in [0, 0.1) is 5.92 Å². The van der Waals surface area contributed by atoms with Crippen LogP contribution in [-0.2, 0) is 20.5 Å². The first-order valence-electron chi connectivity index (χ1n) is 9.25. The predicted octanol–water partition coefficient (Wildman–Crippen LogP) is 5.14. The SMILES string of the molecule is CC[Si](CC)(CC)O[C@H]1C=CO[C@@H](COCc2ccccc2)[C@@H]1C. The van der Waals surface area contributed by atoms with Gasteiger partial charge >= 0.3 is 0 Å². The van der Waals surface area contributed by atoms with Gasteiger partial charge in [0.2, 0.25) is 0 Å². The Bertz CT molecular complexity index is 491. The molecule has 0 unspecified atom stereocenters. The van der Waals surface area contributed by atoms with Crippen molar-refractivity contribution in [2.75, 3.05) is 6.61 Å². The maximum absolute atomic E-state index is 6.65. The van der Waals surface area contributed by atoms with Gasteiger partial charge < -0.3 is 13.9 Å². The van der Waals surface area contributed by atoms with E-state index in [9.17, 15) is 0 Å². The molecule has 0 aromatic heterocycles. The fourth-order valence-electron chi connectivity index (χ4n) is 3.23. The summed E-state index contributed by atoms with van der Waals surface area (Å²) in [6, 6.07) is 13.8. The largest absolute Gasteiger partial charge is 0.495 e. The summed E-state index contributed by atoms with van der Waals surface area (Å²) >= 11 is 0. The summed E-state index contributed by atoms with van der Waals surface area (Å²) in [5.41, 5.74) is 1.19. The monoisotopic (exact) mass is 348 g/mol. The second-order valence-electron chi connectivity index (χ2n) is 6.69. The van der Waals surface area contributed by atoms with Crippen LogP contribution in [0.15, 0.2) is 42.7 Å². The van der Waals surface area contributed by atoms with Crippen LogP contribution in [0.3, 0.4) is 0 Å². The minimum absolute atomic E-state index is 0.0565. The second kappa shape index (κ2) is 9.40. The maximum atomic E-state index is 6.65. The molecule has 0 aliphatic carbocycles. The van der Waals surface area contributed by atoms with Crippen LogP contribution in [0.5, 0.6) is 0 Å². The van der Waals surface area contributed by atoms with Gasteiger partial charge in [-0.05, 0) is 29.8 Å². The van der Waals surface area contributed by atoms with Crippen molar-refractivity contribution in [3.63, 3.8) is 0 Å². The Labute approximate surface area is 148 Å². The Hall–Kier alpha value is -1.10. The molecule has 0 radical (unpaired) electrons. The molecule has 0 amide bonds. The minimum Gasteiger partial charge on any atom is -0.495 e. The number of benzene rings is 1. The van der Waals surface area contributed by atoms with Gasteiger partial charge in [-0.2, -0.15) is 0 Å². The third-order valence-corrected chi connectivity index (χ3v) is 9.98. The molecule has 0 N–H and O–H groups in total. The zero-order valence-electron chi connectivity index (χ0n) is 15.5. The molecule has 1 aromatic rings. The average Bonchev–Trinajstić information content (AvgIpc) is 2.63. The summed E-state index contributed by atoms with van der Waals surface area (Å²) in [6.45, 7) is 10.2. The van der Waals surface area contributed by atoms with Crippen molar-refractivity contribution in [2.24, 2.45) is 5.92 Å². The topological polar surface area (TPSA) is 27.7 Å². The fraction of sp³-hybridized carbons (Fsp3) is 0.600. The van der Waals surface area contributed by atoms with Crippen LogP contribution in [0.2, 0.25) is 18.1 Å². The van der Waals surface area contributed by atoms with Gasteiger partial charge in [-0.3, -0.25) is 0 Å². The fourth-order valence-corrected chi connectivity index (χ4v) is 6.10. The lowest BCUT2D eigenvalue weighted by Crippen LogP contribution is -2.46. The summed E-state index contributed by atoms with van der Waals surface area (Å²) in [5.74, 6) is 0.308. The summed E-state index contributed by atoms with van der Waals surface area (Å²) in [7, 11) is -1.61. The number of rotatable bonds is 9. The van der Waals surface area contributed by atoms with Crippen molar-refractivity contribution in [3.05, 3.63) is 48.2 Å². The molecule has 1 aliphatic rings. The molecule has 1 aliphatic heterocycles. The van der Waals surface area contributed by atoms with E-state index in [0.29, 0.717) is 19.1 Å². The van der Waals surface area contributed by atoms with E-state index >= 15 is 0 Å². The molecule has 24 heavy (non-hydrogen) atoms. The van der Waals surface area contributed by atoms with Gasteiger partial charge in [0.1, 0.15) is 6.10 Å². The number of hydrogen-bond acceptors (Lipinski definition) is 3. The third kappa shape index (κ3) is 4.95. The molecule has 1 aromatic carbocycles. The highest BCUT2D eigenvalue weighted by atomic mass is 28.4. The molecule has 134 valence electrons. The molecular weight excluding hydrogens is 316 g/mol. The molecule has 3 nitrogen and oxygen atoms in total. The van der Waals surface area contributed by atoms with Crippen molar-refractivity contribution in [3.8, 4) is 0 Å². The quantitative estimate of drug-likeness (QED) is 0.578. The number of hydrogen-bond donors (Lipinski definition) is 0. The molecule has 2 rings (SSSR count). The highest BCUT2D eigenvalue weighted by Gasteiger charge is 2.37. The Morgan fingerprint density at radius 3 is 2.33 bits per heavy atom. The van der Waals surface area contributed by atoms with E-state index in [1.54, 1.807) is 6.26 Å². The Kier molecular flexibility index (Phi) is 7.53. The summed E-state index contributed by atoms with van der Waals surface area (Å²) in [6.07, 6.45) is 4.10. The summed E-state index contributed by atoms with van der Waals surface area (Å²) in [5, 5.41) is 0. The molecule has 1 heterocycles. The van der Waals surface area contributed by atoms with Crippen molar-refractivity contribution in [1.29, 1.82) is 0 Å². The summed E-state index contributed by atoms with van der Waals surface area (Å²) in [4.78, 5) is 0. The lowest BCUT2D eigenvalue weighted by atomic mass is 9.97. The van der Waals surface area contributed by atoms with Crippen LogP contribution in [-0.4, -0.2) is 27.1 Å². The lowest BCUT2D eigenvalue weighted by molar-refractivity contribution is -0.0421. The lowest BCUT2D eigenvalue weighted by Gasteiger charge is -2.38. The van der Waals surface area contributed by atoms with Gasteiger partial charge in [0.05, 0.1) is 25.6 Å². The molecule has 0 saturated carbocycles. The van der Waals surface area contributed by atoms with Gasteiger partial charge in [0.25, 0.3) is 0 Å². The molecule has 0 fully saturated rings. The normalized spacial score (nSPS) is 23.9. The van der Waals surface area contributed by atoms with Crippen LogP contribution in [0.4, 0.5) is 0 Å². The standard InChI is InChI=1S/C20H32O3Si/c1-5-24(6-2,7-3)23-19-13-14-22-20(17(19)4)16-21-15-18-11-9-8-10-12-18/h8-14,17,19-20H,5-7,15-16H2,1-4H3/t17-,19+,20+/m1/s1.